The molecule has 0 saturated carbocycles. The summed E-state index contributed by atoms with van der Waals surface area (Å²) in [6.07, 6.45) is 0. The van der Waals surface area contributed by atoms with E-state index in [4.69, 9.17) is 34.8 Å². The molecule has 17 heavy (non-hydrogen) atoms. The summed E-state index contributed by atoms with van der Waals surface area (Å²) in [6.45, 7) is -0.137. The lowest BCUT2D eigenvalue weighted by Gasteiger charge is -2.09. The van der Waals surface area contributed by atoms with Gasteiger partial charge in [-0.15, -0.1) is 0 Å². The molecule has 0 radical (unpaired) electrons. The molecule has 0 aliphatic rings. The Bertz CT molecular complexity index is 557. The van der Waals surface area contributed by atoms with Crippen LogP contribution in [0.5, 0.6) is 0 Å². The minimum Gasteiger partial charge on any atom is -0.392 e. The normalized spacial score (nSPS) is 10.6. The first kappa shape index (κ1) is 12.7. The molecule has 0 unspecified atom stereocenters. The SMILES string of the molecule is OCc1ccc(Cl)nc1-c1cccc(Cl)c1Cl. The number of rotatable bonds is 2. The van der Waals surface area contributed by atoms with Gasteiger partial charge in [0.1, 0.15) is 5.15 Å². The van der Waals surface area contributed by atoms with E-state index in [1.807, 2.05) is 0 Å². The molecule has 0 amide bonds. The number of aromatic nitrogens is 1. The summed E-state index contributed by atoms with van der Waals surface area (Å²) >= 11 is 17.9. The molecule has 1 aromatic heterocycles. The second-order valence-electron chi connectivity index (χ2n) is 3.40. The molecule has 0 atom stereocenters. The predicted molar refractivity (Wildman–Crippen MR) is 70.6 cm³/mol. The first-order valence-electron chi connectivity index (χ1n) is 4.84. The summed E-state index contributed by atoms with van der Waals surface area (Å²) in [6, 6.07) is 8.58. The lowest BCUT2D eigenvalue weighted by atomic mass is 10.1. The summed E-state index contributed by atoms with van der Waals surface area (Å²) in [4.78, 5) is 4.18. The van der Waals surface area contributed by atoms with Crippen LogP contribution in [0.3, 0.4) is 0 Å². The molecule has 2 nitrogen and oxygen atoms in total. The number of halogens is 3. The number of aliphatic hydroxyl groups is 1. The average molecular weight is 289 g/mol. The first-order chi connectivity index (χ1) is 8.13. The van der Waals surface area contributed by atoms with Gasteiger partial charge in [0.05, 0.1) is 22.3 Å². The zero-order chi connectivity index (χ0) is 12.4. The van der Waals surface area contributed by atoms with Crippen molar-refractivity contribution >= 4 is 34.8 Å². The van der Waals surface area contributed by atoms with E-state index in [2.05, 4.69) is 4.98 Å². The molecule has 0 bridgehead atoms. The van der Waals surface area contributed by atoms with Gasteiger partial charge in [0.2, 0.25) is 0 Å². The quantitative estimate of drug-likeness (QED) is 0.840. The van der Waals surface area contributed by atoms with E-state index in [9.17, 15) is 5.11 Å². The Kier molecular flexibility index (Phi) is 3.89. The van der Waals surface area contributed by atoms with Crippen LogP contribution in [0.15, 0.2) is 30.3 Å². The highest BCUT2D eigenvalue weighted by Crippen LogP contribution is 2.34. The van der Waals surface area contributed by atoms with Crippen molar-refractivity contribution in [1.82, 2.24) is 4.98 Å². The monoisotopic (exact) mass is 287 g/mol. The van der Waals surface area contributed by atoms with Gasteiger partial charge in [0.25, 0.3) is 0 Å². The Morgan fingerprint density at radius 2 is 1.82 bits per heavy atom. The molecule has 1 heterocycles. The van der Waals surface area contributed by atoms with Crippen LogP contribution >= 0.6 is 34.8 Å². The van der Waals surface area contributed by atoms with Crippen LogP contribution < -0.4 is 0 Å². The largest absolute Gasteiger partial charge is 0.392 e. The standard InChI is InChI=1S/C12H8Cl3NO/c13-9-3-1-2-8(11(9)15)12-7(6-17)4-5-10(14)16-12/h1-5,17H,6H2. The molecule has 0 aliphatic heterocycles. The van der Waals surface area contributed by atoms with Crippen LogP contribution in [0.2, 0.25) is 15.2 Å². The van der Waals surface area contributed by atoms with Gasteiger partial charge in [0.15, 0.2) is 0 Å². The van der Waals surface area contributed by atoms with E-state index in [-0.39, 0.29) is 6.61 Å². The molecule has 1 aromatic carbocycles. The average Bonchev–Trinajstić information content (AvgIpc) is 2.33. The van der Waals surface area contributed by atoms with Gasteiger partial charge in [-0.05, 0) is 12.1 Å². The molecule has 5 heteroatoms. The number of benzene rings is 1. The van der Waals surface area contributed by atoms with Gasteiger partial charge in [-0.25, -0.2) is 4.98 Å². The molecule has 88 valence electrons. The van der Waals surface area contributed by atoms with Crippen LogP contribution in [0, 0.1) is 0 Å². The van der Waals surface area contributed by atoms with E-state index in [0.29, 0.717) is 32.0 Å². The van der Waals surface area contributed by atoms with Crippen LogP contribution in [-0.4, -0.2) is 10.1 Å². The summed E-state index contributed by atoms with van der Waals surface area (Å²) < 4.78 is 0. The number of aliphatic hydroxyl groups excluding tert-OH is 1. The van der Waals surface area contributed by atoms with Crippen molar-refractivity contribution in [3.63, 3.8) is 0 Å². The van der Waals surface area contributed by atoms with Crippen molar-refractivity contribution in [2.24, 2.45) is 0 Å². The summed E-state index contributed by atoms with van der Waals surface area (Å²) in [7, 11) is 0. The fourth-order valence-electron chi connectivity index (χ4n) is 1.51. The molecule has 0 aliphatic carbocycles. The molecule has 2 rings (SSSR count). The maximum Gasteiger partial charge on any atom is 0.129 e. The summed E-state index contributed by atoms with van der Waals surface area (Å²) in [5.41, 5.74) is 1.86. The van der Waals surface area contributed by atoms with Gasteiger partial charge in [-0.1, -0.05) is 53.0 Å². The Balaban J connectivity index is 2.67. The molecule has 1 N–H and O–H groups in total. The molecular weight excluding hydrogens is 280 g/mol. The third-order valence-electron chi connectivity index (χ3n) is 2.32. The van der Waals surface area contributed by atoms with Crippen molar-refractivity contribution in [2.75, 3.05) is 0 Å². The third-order valence-corrected chi connectivity index (χ3v) is 3.35. The third kappa shape index (κ3) is 2.55. The highest BCUT2D eigenvalue weighted by molar-refractivity contribution is 6.43. The zero-order valence-corrected chi connectivity index (χ0v) is 10.9. The fourth-order valence-corrected chi connectivity index (χ4v) is 2.05. The van der Waals surface area contributed by atoms with Crippen molar-refractivity contribution in [1.29, 1.82) is 0 Å². The highest BCUT2D eigenvalue weighted by Gasteiger charge is 2.12. The fraction of sp³-hybridized carbons (Fsp3) is 0.0833. The second kappa shape index (κ2) is 5.23. The van der Waals surface area contributed by atoms with Crippen molar-refractivity contribution in [3.8, 4) is 11.3 Å². The van der Waals surface area contributed by atoms with Crippen molar-refractivity contribution < 1.29 is 5.11 Å². The van der Waals surface area contributed by atoms with E-state index in [0.717, 1.165) is 0 Å². The maximum atomic E-state index is 9.27. The number of nitrogens with zero attached hydrogens (tertiary/aromatic N) is 1. The van der Waals surface area contributed by atoms with Crippen molar-refractivity contribution in [3.05, 3.63) is 51.1 Å². The smallest absolute Gasteiger partial charge is 0.129 e. The Hall–Kier alpha value is -0.800. The van der Waals surface area contributed by atoms with Gasteiger partial charge in [0, 0.05) is 11.1 Å². The molecule has 0 saturated heterocycles. The number of pyridine rings is 1. The molecular formula is C12H8Cl3NO. The molecule has 2 aromatic rings. The summed E-state index contributed by atoms with van der Waals surface area (Å²) in [5.74, 6) is 0. The van der Waals surface area contributed by atoms with Gasteiger partial charge < -0.3 is 5.11 Å². The highest BCUT2D eigenvalue weighted by atomic mass is 35.5. The van der Waals surface area contributed by atoms with Crippen LogP contribution in [-0.2, 0) is 6.61 Å². The van der Waals surface area contributed by atoms with E-state index < -0.39 is 0 Å². The maximum absolute atomic E-state index is 9.27. The first-order valence-corrected chi connectivity index (χ1v) is 5.97. The second-order valence-corrected chi connectivity index (χ2v) is 4.57. The Labute approximate surface area is 114 Å². The lowest BCUT2D eigenvalue weighted by molar-refractivity contribution is 0.282. The summed E-state index contributed by atoms with van der Waals surface area (Å²) in [5, 5.41) is 10.5. The van der Waals surface area contributed by atoms with Crippen LogP contribution in [0.4, 0.5) is 0 Å². The van der Waals surface area contributed by atoms with Gasteiger partial charge in [-0.3, -0.25) is 0 Å². The van der Waals surface area contributed by atoms with E-state index >= 15 is 0 Å². The van der Waals surface area contributed by atoms with Crippen molar-refractivity contribution in [2.45, 2.75) is 6.61 Å². The predicted octanol–water partition coefficient (Wildman–Crippen LogP) is 4.20. The molecule has 0 fully saturated rings. The Morgan fingerprint density at radius 1 is 1.06 bits per heavy atom. The Morgan fingerprint density at radius 3 is 2.53 bits per heavy atom. The minimum atomic E-state index is -0.137. The number of hydrogen-bond acceptors (Lipinski definition) is 2. The van der Waals surface area contributed by atoms with E-state index in [1.54, 1.807) is 30.3 Å². The lowest BCUT2D eigenvalue weighted by Crippen LogP contribution is -1.94. The minimum absolute atomic E-state index is 0.137. The van der Waals surface area contributed by atoms with Gasteiger partial charge in [-0.2, -0.15) is 0 Å². The number of hydrogen-bond donors (Lipinski definition) is 1. The van der Waals surface area contributed by atoms with E-state index in [1.165, 1.54) is 0 Å². The topological polar surface area (TPSA) is 33.1 Å². The van der Waals surface area contributed by atoms with Crippen LogP contribution in [0.25, 0.3) is 11.3 Å². The van der Waals surface area contributed by atoms with Gasteiger partial charge >= 0.3 is 0 Å². The zero-order valence-electron chi connectivity index (χ0n) is 8.62. The molecule has 0 spiro atoms. The van der Waals surface area contributed by atoms with Crippen LogP contribution in [0.1, 0.15) is 5.56 Å².